The van der Waals surface area contributed by atoms with Crippen molar-refractivity contribution in [3.8, 4) is 45.1 Å². The Labute approximate surface area is 485 Å². The summed E-state index contributed by atoms with van der Waals surface area (Å²) in [7, 11) is 2.91. The van der Waals surface area contributed by atoms with Crippen molar-refractivity contribution in [2.45, 2.75) is 79.8 Å². The number of nitrogens with zero attached hydrogens (tertiary/aromatic N) is 12. The van der Waals surface area contributed by atoms with Gasteiger partial charge in [-0.3, -0.25) is 19.6 Å². The van der Waals surface area contributed by atoms with Crippen LogP contribution in [0.15, 0.2) is 136 Å². The molecule has 28 heteroatoms. The molecule has 1 aliphatic rings. The topological polar surface area (TPSA) is 245 Å². The molecule has 20 nitrogen and oxygen atoms in total. The second-order valence-corrected chi connectivity index (χ2v) is 20.0. The number of nitrogens with two attached hydrogens (primary N) is 2. The summed E-state index contributed by atoms with van der Waals surface area (Å²) in [4.78, 5) is 49.4. The van der Waals surface area contributed by atoms with Gasteiger partial charge in [0.15, 0.2) is 22.9 Å². The van der Waals surface area contributed by atoms with Crippen LogP contribution < -0.4 is 37.5 Å². The van der Waals surface area contributed by atoms with E-state index in [-0.39, 0.29) is 102 Å². The van der Waals surface area contributed by atoms with Crippen molar-refractivity contribution in [1.29, 1.82) is 0 Å². The number of aromatic nitrogens is 12. The summed E-state index contributed by atoms with van der Waals surface area (Å²) in [6.07, 6.45) is 6.30. The number of pyridine rings is 4. The predicted octanol–water partition coefficient (Wildman–Crippen LogP) is 9.28. The number of benzene rings is 2. The first kappa shape index (κ1) is 62.6. The molecule has 9 heterocycles. The Kier molecular flexibility index (Phi) is 19.1. The Morgan fingerprint density at radius 3 is 1.50 bits per heavy atom. The van der Waals surface area contributed by atoms with Gasteiger partial charge in [-0.1, -0.05) is 20.9 Å². The van der Waals surface area contributed by atoms with E-state index >= 15 is 0 Å². The van der Waals surface area contributed by atoms with Gasteiger partial charge in [0.2, 0.25) is 23.0 Å². The Morgan fingerprint density at radius 1 is 0.595 bits per heavy atom. The normalized spacial score (nSPS) is 13.2. The Hall–Kier alpha value is -9.02. The van der Waals surface area contributed by atoms with Gasteiger partial charge in [0, 0.05) is 67.7 Å². The lowest BCUT2D eigenvalue weighted by molar-refractivity contribution is -0.0513. The molecule has 0 unspecified atom stereocenters. The highest BCUT2D eigenvalue weighted by Crippen LogP contribution is 2.38. The summed E-state index contributed by atoms with van der Waals surface area (Å²) >= 11 is 3.44. The molecule has 8 aromatic heterocycles. The van der Waals surface area contributed by atoms with Crippen molar-refractivity contribution in [1.82, 2.24) is 58.3 Å². The summed E-state index contributed by atoms with van der Waals surface area (Å²) in [5.41, 5.74) is 16.4. The average Bonchev–Trinajstić information content (AvgIpc) is 1.92. The number of halogens is 7. The van der Waals surface area contributed by atoms with E-state index in [2.05, 4.69) is 65.5 Å². The maximum absolute atomic E-state index is 13.6. The molecule has 438 valence electrons. The highest BCUT2D eigenvalue weighted by molar-refractivity contribution is 9.10. The highest BCUT2D eigenvalue weighted by atomic mass is 79.9. The summed E-state index contributed by atoms with van der Waals surface area (Å²) in [5, 5.41) is 8.69. The fraction of sp³-hybridized carbons (Fsp3) is 0.250. The summed E-state index contributed by atoms with van der Waals surface area (Å²) in [6.45, 7) is 2.05. The zero-order valence-corrected chi connectivity index (χ0v) is 45.9. The van der Waals surface area contributed by atoms with Crippen LogP contribution in [0.25, 0.3) is 44.9 Å². The Bertz CT molecular complexity index is 4080. The van der Waals surface area contributed by atoms with Crippen LogP contribution >= 0.6 is 15.9 Å². The van der Waals surface area contributed by atoms with Gasteiger partial charge in [0.1, 0.15) is 23.1 Å². The second kappa shape index (κ2) is 25.6. The lowest BCUT2D eigenvalue weighted by Crippen LogP contribution is -2.41. The SMILES string of the molecule is C.C.Cn1cc(-c2c(-c3ccc(F)cc3)nc(N)n3nc(Cc4ncccc4OC(F)F)nc23)ccc1=O.Cn1cc(B2OC(C)(C)C(C)(C)O2)ccc1=O.Nc1nc(-c2ccc(F)cc2)c(Br)c2nc(Cc3ncccc3OC(F)F)nn12. The maximum atomic E-state index is 13.6. The molecule has 10 aromatic rings. The fourth-order valence-electron chi connectivity index (χ4n) is 8.30. The molecular formula is C56H56BBrF6N14O6. The number of hydrogen-bond acceptors (Lipinski definition) is 16. The quantitative estimate of drug-likeness (QED) is 0.0855. The van der Waals surface area contributed by atoms with Gasteiger partial charge in [-0.05, 0) is 128 Å². The monoisotopic (exact) mass is 1220 g/mol. The van der Waals surface area contributed by atoms with Gasteiger partial charge < -0.3 is 39.4 Å². The molecule has 1 fully saturated rings. The van der Waals surface area contributed by atoms with Gasteiger partial charge in [-0.15, -0.1) is 10.2 Å². The van der Waals surface area contributed by atoms with Crippen LogP contribution in [0.3, 0.4) is 0 Å². The molecule has 0 amide bonds. The largest absolute Gasteiger partial charge is 0.496 e. The molecule has 1 aliphatic heterocycles. The van der Waals surface area contributed by atoms with E-state index in [0.717, 1.165) is 5.46 Å². The lowest BCUT2D eigenvalue weighted by Gasteiger charge is -2.32. The fourth-order valence-corrected chi connectivity index (χ4v) is 8.87. The molecule has 0 atom stereocenters. The van der Waals surface area contributed by atoms with Gasteiger partial charge in [0.25, 0.3) is 0 Å². The number of ether oxygens (including phenoxy) is 2. The third kappa shape index (κ3) is 13.7. The summed E-state index contributed by atoms with van der Waals surface area (Å²) in [5.74, 6) is -0.370. The highest BCUT2D eigenvalue weighted by Gasteiger charge is 2.51. The molecular weight excluding hydrogens is 1170 g/mol. The van der Waals surface area contributed by atoms with Crippen LogP contribution in [0.1, 0.15) is 65.6 Å². The van der Waals surface area contributed by atoms with Gasteiger partial charge >= 0.3 is 20.3 Å². The van der Waals surface area contributed by atoms with E-state index in [1.54, 1.807) is 62.9 Å². The smallest absolute Gasteiger partial charge is 0.433 e. The van der Waals surface area contributed by atoms with Crippen molar-refractivity contribution in [2.75, 3.05) is 11.5 Å². The second-order valence-electron chi connectivity index (χ2n) is 19.2. The molecule has 11 rings (SSSR count). The number of anilines is 2. The number of rotatable bonds is 12. The number of alkyl halides is 4. The molecule has 2 aromatic carbocycles. The maximum Gasteiger partial charge on any atom is 0.496 e. The number of fused-ring (bicyclic) bond motifs is 2. The van der Waals surface area contributed by atoms with E-state index in [0.29, 0.717) is 49.4 Å². The Balaban J connectivity index is 0.000000189. The molecule has 0 aliphatic carbocycles. The molecule has 4 N–H and O–H groups in total. The van der Waals surface area contributed by atoms with Crippen LogP contribution in [0.5, 0.6) is 11.5 Å². The van der Waals surface area contributed by atoms with Crippen LogP contribution in [0.2, 0.25) is 0 Å². The van der Waals surface area contributed by atoms with Crippen molar-refractivity contribution in [3.05, 3.63) is 182 Å². The molecule has 84 heavy (non-hydrogen) atoms. The third-order valence-electron chi connectivity index (χ3n) is 13.1. The molecule has 0 saturated carbocycles. The standard InChI is InChI=1S/C24H18F3N7O2.C18H12BrF3N6O.C12H18BNO3.2CH4/c1-33-12-14(6-9-19(33)35)20-21(13-4-7-15(25)8-5-13)31-24(28)34-22(20)30-18(32-34)11-16-17(36-23(26)27)3-2-10-29-16;19-14-15(9-3-5-10(20)6-4-9)26-18(23)28-16(14)25-13(27-28)8-11-12(29-17(21)22)2-1-7-24-11;1-11(2)12(3,4)17-13(16-11)9-6-7-10(15)14(5)8-9;;/h2-10,12,23H,11H2,1H3,(H2,28,31);1-7,17H,8H2,(H2,23,26);6-8H,1-5H3;2*1H4. The minimum atomic E-state index is -3.02. The first-order valence-corrected chi connectivity index (χ1v) is 25.5. The molecule has 0 bridgehead atoms. The van der Waals surface area contributed by atoms with E-state index in [4.69, 9.17) is 20.8 Å². The zero-order chi connectivity index (χ0) is 58.8. The van der Waals surface area contributed by atoms with Crippen molar-refractivity contribution in [3.63, 3.8) is 0 Å². The van der Waals surface area contributed by atoms with Crippen molar-refractivity contribution >= 4 is 51.7 Å². The number of hydrogen-bond donors (Lipinski definition) is 2. The third-order valence-corrected chi connectivity index (χ3v) is 13.8. The van der Waals surface area contributed by atoms with E-state index in [1.165, 1.54) is 91.2 Å². The Morgan fingerprint density at radius 2 is 1.02 bits per heavy atom. The predicted molar refractivity (Wildman–Crippen MR) is 308 cm³/mol. The van der Waals surface area contributed by atoms with E-state index in [1.807, 2.05) is 27.7 Å². The van der Waals surface area contributed by atoms with Crippen LogP contribution in [0.4, 0.5) is 38.2 Å². The summed E-state index contributed by atoms with van der Waals surface area (Å²) in [6, 6.07) is 23.5. The zero-order valence-electron chi connectivity index (χ0n) is 44.3. The molecule has 0 spiro atoms. The average molecular weight is 1230 g/mol. The van der Waals surface area contributed by atoms with E-state index in [9.17, 15) is 35.9 Å². The van der Waals surface area contributed by atoms with Crippen LogP contribution in [-0.4, -0.2) is 89.8 Å². The van der Waals surface area contributed by atoms with Gasteiger partial charge in [-0.25, -0.2) is 28.7 Å². The van der Waals surface area contributed by atoms with Crippen molar-refractivity contribution in [2.24, 2.45) is 14.1 Å². The number of aryl methyl sites for hydroxylation is 2. The first-order chi connectivity index (χ1) is 38.9. The first-order valence-electron chi connectivity index (χ1n) is 24.7. The summed E-state index contributed by atoms with van der Waals surface area (Å²) < 4.78 is 105. The molecule has 0 radical (unpaired) electrons. The van der Waals surface area contributed by atoms with Gasteiger partial charge in [-0.2, -0.15) is 26.6 Å². The van der Waals surface area contributed by atoms with Crippen LogP contribution in [-0.2, 0) is 36.2 Å². The van der Waals surface area contributed by atoms with Crippen molar-refractivity contribution < 1.29 is 45.1 Å². The molecule has 1 saturated heterocycles. The van der Waals surface area contributed by atoms with E-state index < -0.39 is 26.2 Å². The van der Waals surface area contributed by atoms with Gasteiger partial charge in [0.05, 0.1) is 56.9 Å². The minimum absolute atomic E-state index is 0. The van der Waals surface area contributed by atoms with Crippen LogP contribution in [0, 0.1) is 11.6 Å². The minimum Gasteiger partial charge on any atom is -0.433 e. The lowest BCUT2D eigenvalue weighted by atomic mass is 9.80. The number of nitrogen functional groups attached to an aromatic ring is 2.